The molecule has 0 N–H and O–H groups in total. The van der Waals surface area contributed by atoms with E-state index in [9.17, 15) is 0 Å². The van der Waals surface area contributed by atoms with E-state index in [4.69, 9.17) is 9.15 Å². The van der Waals surface area contributed by atoms with Gasteiger partial charge in [-0.2, -0.15) is 0 Å². The second kappa shape index (κ2) is 27.8. The van der Waals surface area contributed by atoms with Gasteiger partial charge in [0.2, 0.25) is 0 Å². The third kappa shape index (κ3) is 24.7. The highest BCUT2D eigenvalue weighted by Crippen LogP contribution is 2.16. The van der Waals surface area contributed by atoms with E-state index in [-0.39, 0.29) is 0 Å². The summed E-state index contributed by atoms with van der Waals surface area (Å²) in [5.41, 5.74) is 1.14. The zero-order valence-corrected chi connectivity index (χ0v) is 23.8. The maximum absolute atomic E-state index is 5.67. The first-order valence-electron chi connectivity index (χ1n) is 16.0. The molecule has 0 fully saturated rings. The van der Waals surface area contributed by atoms with E-state index in [1.165, 1.54) is 167 Å². The van der Waals surface area contributed by atoms with Crippen molar-refractivity contribution in [3.8, 4) is 0 Å². The lowest BCUT2D eigenvalue weighted by Crippen LogP contribution is -1.94. The summed E-state index contributed by atoms with van der Waals surface area (Å²) in [6, 6.07) is 1.97. The first-order valence-corrected chi connectivity index (χ1v) is 16.0. The number of furan rings is 1. The highest BCUT2D eigenvalue weighted by atomic mass is 16.5. The molecule has 1 aromatic heterocycles. The second-order valence-electron chi connectivity index (χ2n) is 11.0. The van der Waals surface area contributed by atoms with Crippen LogP contribution in [0.4, 0.5) is 0 Å². The van der Waals surface area contributed by atoms with Crippen molar-refractivity contribution in [2.24, 2.45) is 0 Å². The Morgan fingerprint density at radius 3 is 1.14 bits per heavy atom. The Balaban J connectivity index is 1.61. The van der Waals surface area contributed by atoms with Crippen LogP contribution in [0.3, 0.4) is 0 Å². The fourth-order valence-corrected chi connectivity index (χ4v) is 5.08. The third-order valence-electron chi connectivity index (χ3n) is 7.49. The van der Waals surface area contributed by atoms with Crippen LogP contribution in [0.25, 0.3) is 0 Å². The van der Waals surface area contributed by atoms with Crippen molar-refractivity contribution in [1.29, 1.82) is 0 Å². The van der Waals surface area contributed by atoms with E-state index in [2.05, 4.69) is 6.92 Å². The average molecular weight is 491 g/mol. The molecule has 2 heteroatoms. The van der Waals surface area contributed by atoms with Gasteiger partial charge < -0.3 is 9.15 Å². The third-order valence-corrected chi connectivity index (χ3v) is 7.49. The van der Waals surface area contributed by atoms with Gasteiger partial charge in [0.05, 0.1) is 19.1 Å². The van der Waals surface area contributed by atoms with Crippen LogP contribution in [0.5, 0.6) is 0 Å². The maximum atomic E-state index is 5.67. The Labute approximate surface area is 220 Å². The molecule has 0 bridgehead atoms. The van der Waals surface area contributed by atoms with Crippen molar-refractivity contribution in [3.63, 3.8) is 0 Å². The molecule has 1 heterocycles. The normalized spacial score (nSPS) is 11.5. The van der Waals surface area contributed by atoms with E-state index in [1.54, 1.807) is 12.5 Å². The minimum Gasteiger partial charge on any atom is -0.472 e. The molecule has 0 saturated heterocycles. The molecule has 0 radical (unpaired) electrons. The minimum atomic E-state index is 0.690. The van der Waals surface area contributed by atoms with Gasteiger partial charge in [-0.3, -0.25) is 0 Å². The van der Waals surface area contributed by atoms with Gasteiger partial charge in [-0.1, -0.05) is 167 Å². The average Bonchev–Trinajstić information content (AvgIpc) is 3.39. The molecule has 1 aromatic rings. The second-order valence-corrected chi connectivity index (χ2v) is 11.0. The van der Waals surface area contributed by atoms with Crippen LogP contribution >= 0.6 is 0 Å². The summed E-state index contributed by atoms with van der Waals surface area (Å²) in [5, 5.41) is 0. The van der Waals surface area contributed by atoms with Crippen molar-refractivity contribution in [2.45, 2.75) is 180 Å². The summed E-state index contributed by atoms with van der Waals surface area (Å²) < 4.78 is 10.7. The Morgan fingerprint density at radius 2 is 0.829 bits per heavy atom. The lowest BCUT2D eigenvalue weighted by atomic mass is 10.0. The molecule has 0 aliphatic carbocycles. The SMILES string of the molecule is CCCCCCCCCCCCCCCCCCCCCCCCCCCCOCc1ccoc1. The van der Waals surface area contributed by atoms with Crippen molar-refractivity contribution < 1.29 is 9.15 Å². The summed E-state index contributed by atoms with van der Waals surface area (Å²) in [7, 11) is 0. The van der Waals surface area contributed by atoms with Crippen LogP contribution in [0.2, 0.25) is 0 Å². The van der Waals surface area contributed by atoms with E-state index < -0.39 is 0 Å². The molecule has 1 rings (SSSR count). The molecular formula is C33H62O2. The lowest BCUT2D eigenvalue weighted by molar-refractivity contribution is 0.116. The van der Waals surface area contributed by atoms with Crippen LogP contribution in [0.1, 0.15) is 179 Å². The van der Waals surface area contributed by atoms with Crippen molar-refractivity contribution in [3.05, 3.63) is 24.2 Å². The molecule has 0 aliphatic rings. The highest BCUT2D eigenvalue weighted by molar-refractivity contribution is 5.02. The molecule has 0 saturated carbocycles. The van der Waals surface area contributed by atoms with Crippen LogP contribution in [0, 0.1) is 0 Å². The van der Waals surface area contributed by atoms with Crippen molar-refractivity contribution in [2.75, 3.05) is 6.61 Å². The Kier molecular flexibility index (Phi) is 25.7. The van der Waals surface area contributed by atoms with Crippen LogP contribution in [0.15, 0.2) is 23.0 Å². The summed E-state index contributed by atoms with van der Waals surface area (Å²) in [5.74, 6) is 0. The molecule has 0 spiro atoms. The van der Waals surface area contributed by atoms with Crippen LogP contribution in [-0.4, -0.2) is 6.61 Å². The fraction of sp³-hybridized carbons (Fsp3) is 0.879. The Morgan fingerprint density at radius 1 is 0.486 bits per heavy atom. The molecular weight excluding hydrogens is 428 g/mol. The number of rotatable bonds is 29. The van der Waals surface area contributed by atoms with Crippen molar-refractivity contribution >= 4 is 0 Å². The predicted octanol–water partition coefficient (Wildman–Crippen LogP) is 12.0. The number of ether oxygens (including phenoxy) is 1. The summed E-state index contributed by atoms with van der Waals surface area (Å²) in [6.07, 6.45) is 41.0. The van der Waals surface area contributed by atoms with Gasteiger partial charge in [0.1, 0.15) is 0 Å². The van der Waals surface area contributed by atoms with Crippen LogP contribution in [-0.2, 0) is 11.3 Å². The van der Waals surface area contributed by atoms with Gasteiger partial charge in [0.25, 0.3) is 0 Å². The van der Waals surface area contributed by atoms with Gasteiger partial charge in [-0.25, -0.2) is 0 Å². The quantitative estimate of drug-likeness (QED) is 0.104. The number of hydrogen-bond donors (Lipinski definition) is 0. The van der Waals surface area contributed by atoms with E-state index in [0.29, 0.717) is 6.61 Å². The van der Waals surface area contributed by atoms with Crippen LogP contribution < -0.4 is 0 Å². The van der Waals surface area contributed by atoms with E-state index in [0.717, 1.165) is 12.2 Å². The predicted molar refractivity (Wildman–Crippen MR) is 154 cm³/mol. The zero-order chi connectivity index (χ0) is 24.9. The maximum Gasteiger partial charge on any atom is 0.0957 e. The number of hydrogen-bond acceptors (Lipinski definition) is 2. The molecule has 2 nitrogen and oxygen atoms in total. The fourth-order valence-electron chi connectivity index (χ4n) is 5.08. The first-order chi connectivity index (χ1) is 17.4. The van der Waals surface area contributed by atoms with Gasteiger partial charge in [-0.15, -0.1) is 0 Å². The smallest absolute Gasteiger partial charge is 0.0957 e. The van der Waals surface area contributed by atoms with E-state index >= 15 is 0 Å². The first kappa shape index (κ1) is 32.3. The number of unbranched alkanes of at least 4 members (excludes halogenated alkanes) is 25. The topological polar surface area (TPSA) is 22.4 Å². The molecule has 0 amide bonds. The summed E-state index contributed by atoms with van der Waals surface area (Å²) in [4.78, 5) is 0. The van der Waals surface area contributed by atoms with Crippen molar-refractivity contribution in [1.82, 2.24) is 0 Å². The van der Waals surface area contributed by atoms with Gasteiger partial charge in [-0.05, 0) is 12.5 Å². The summed E-state index contributed by atoms with van der Waals surface area (Å²) in [6.45, 7) is 3.87. The molecule has 0 aliphatic heterocycles. The Bertz CT molecular complexity index is 481. The summed E-state index contributed by atoms with van der Waals surface area (Å²) >= 11 is 0. The Hall–Kier alpha value is -0.760. The molecule has 0 unspecified atom stereocenters. The van der Waals surface area contributed by atoms with E-state index in [1.807, 2.05) is 6.07 Å². The van der Waals surface area contributed by atoms with Gasteiger partial charge in [0.15, 0.2) is 0 Å². The minimum absolute atomic E-state index is 0.690. The van der Waals surface area contributed by atoms with Gasteiger partial charge >= 0.3 is 0 Å². The molecule has 0 atom stereocenters. The lowest BCUT2D eigenvalue weighted by Gasteiger charge is -2.05. The standard InChI is InChI=1S/C33H62O2/c1-2-3-4-5-6-7-8-9-10-11-12-13-14-15-16-17-18-19-20-21-22-23-24-25-26-27-29-34-31-33-28-30-35-32-33/h28,30,32H,2-27,29,31H2,1H3. The molecule has 0 aromatic carbocycles. The zero-order valence-electron chi connectivity index (χ0n) is 23.8. The largest absolute Gasteiger partial charge is 0.472 e. The highest BCUT2D eigenvalue weighted by Gasteiger charge is 1.97. The van der Waals surface area contributed by atoms with Gasteiger partial charge in [0, 0.05) is 12.2 Å². The monoisotopic (exact) mass is 490 g/mol. The molecule has 206 valence electrons. The molecule has 35 heavy (non-hydrogen) atoms.